The van der Waals surface area contributed by atoms with Crippen LogP contribution in [-0.2, 0) is 0 Å². The lowest BCUT2D eigenvalue weighted by Gasteiger charge is -2.22. The van der Waals surface area contributed by atoms with Crippen LogP contribution in [0.5, 0.6) is 0 Å². The molecule has 2 heterocycles. The first-order chi connectivity index (χ1) is 10.1. The topological polar surface area (TPSA) is 37.8 Å². The van der Waals surface area contributed by atoms with Crippen LogP contribution in [-0.4, -0.2) is 23.1 Å². The van der Waals surface area contributed by atoms with Crippen molar-refractivity contribution in [2.45, 2.75) is 25.7 Å². The third-order valence-electron chi connectivity index (χ3n) is 3.79. The molecule has 22 heavy (non-hydrogen) atoms. The molecule has 0 aliphatic carbocycles. The minimum atomic E-state index is -0.854. The van der Waals surface area contributed by atoms with Crippen LogP contribution in [0.4, 0.5) is 8.78 Å². The molecule has 0 saturated carbocycles. The summed E-state index contributed by atoms with van der Waals surface area (Å²) in [5, 5.41) is 3.31. The number of hydrogen-bond acceptors (Lipinski definition) is 3. The van der Waals surface area contributed by atoms with Crippen LogP contribution in [0.3, 0.4) is 0 Å². The average Bonchev–Trinajstić information content (AvgIpc) is 2.50. The van der Waals surface area contributed by atoms with Crippen molar-refractivity contribution in [2.75, 3.05) is 13.1 Å². The van der Waals surface area contributed by atoms with Gasteiger partial charge in [-0.25, -0.2) is 18.7 Å². The molecule has 3 nitrogen and oxygen atoms in total. The molecule has 0 bridgehead atoms. The van der Waals surface area contributed by atoms with E-state index in [0.29, 0.717) is 17.2 Å². The number of nitrogens with zero attached hydrogens (tertiary/aromatic N) is 2. The predicted molar refractivity (Wildman–Crippen MR) is 84.2 cm³/mol. The average molecular weight is 326 g/mol. The van der Waals surface area contributed by atoms with E-state index in [1.807, 2.05) is 6.92 Å². The number of rotatable bonds is 2. The quantitative estimate of drug-likeness (QED) is 0.916. The molecule has 1 aromatic heterocycles. The summed E-state index contributed by atoms with van der Waals surface area (Å²) in [6.07, 6.45) is 2.00. The van der Waals surface area contributed by atoms with Crippen LogP contribution >= 0.6 is 12.4 Å². The van der Waals surface area contributed by atoms with Gasteiger partial charge < -0.3 is 5.32 Å². The van der Waals surface area contributed by atoms with E-state index >= 15 is 0 Å². The minimum absolute atomic E-state index is 0. The van der Waals surface area contributed by atoms with Gasteiger partial charge in [0.1, 0.15) is 5.82 Å². The first kappa shape index (κ1) is 16.8. The van der Waals surface area contributed by atoms with Gasteiger partial charge in [-0.15, -0.1) is 12.4 Å². The Hall–Kier alpha value is -1.59. The number of aryl methyl sites for hydroxylation is 1. The highest BCUT2D eigenvalue weighted by Crippen LogP contribution is 2.26. The molecule has 0 atom stereocenters. The molecular formula is C16H18ClF2N3. The van der Waals surface area contributed by atoms with Gasteiger partial charge in [0.05, 0.1) is 5.69 Å². The Balaban J connectivity index is 0.00000176. The van der Waals surface area contributed by atoms with Crippen LogP contribution in [0, 0.1) is 18.6 Å². The maximum Gasteiger partial charge on any atom is 0.159 e. The first-order valence-electron chi connectivity index (χ1n) is 7.15. The van der Waals surface area contributed by atoms with Crippen molar-refractivity contribution in [3.63, 3.8) is 0 Å². The van der Waals surface area contributed by atoms with Gasteiger partial charge in [-0.3, -0.25) is 0 Å². The van der Waals surface area contributed by atoms with E-state index in [0.717, 1.165) is 43.5 Å². The van der Waals surface area contributed by atoms with Gasteiger partial charge in [0.15, 0.2) is 11.6 Å². The van der Waals surface area contributed by atoms with E-state index in [2.05, 4.69) is 15.3 Å². The largest absolute Gasteiger partial charge is 0.317 e. The van der Waals surface area contributed by atoms with E-state index in [9.17, 15) is 8.78 Å². The molecule has 1 N–H and O–H groups in total. The summed E-state index contributed by atoms with van der Waals surface area (Å²) < 4.78 is 26.4. The lowest BCUT2D eigenvalue weighted by molar-refractivity contribution is 0.444. The Morgan fingerprint density at radius 1 is 1.05 bits per heavy atom. The Morgan fingerprint density at radius 2 is 1.77 bits per heavy atom. The van der Waals surface area contributed by atoms with Crippen LogP contribution in [0.2, 0.25) is 0 Å². The van der Waals surface area contributed by atoms with Crippen LogP contribution < -0.4 is 5.32 Å². The van der Waals surface area contributed by atoms with Crippen molar-refractivity contribution in [2.24, 2.45) is 0 Å². The van der Waals surface area contributed by atoms with Gasteiger partial charge in [0, 0.05) is 17.2 Å². The summed E-state index contributed by atoms with van der Waals surface area (Å²) in [4.78, 5) is 9.09. The molecule has 0 unspecified atom stereocenters. The van der Waals surface area contributed by atoms with Crippen molar-refractivity contribution in [3.8, 4) is 11.3 Å². The molecule has 1 fully saturated rings. The summed E-state index contributed by atoms with van der Waals surface area (Å²) in [5.74, 6) is -0.568. The Kier molecular flexibility index (Phi) is 5.42. The highest BCUT2D eigenvalue weighted by molar-refractivity contribution is 5.85. The molecule has 1 aliphatic rings. The number of piperidine rings is 1. The lowest BCUT2D eigenvalue weighted by Crippen LogP contribution is -2.27. The smallest absolute Gasteiger partial charge is 0.159 e. The molecule has 2 aromatic rings. The second kappa shape index (κ2) is 7.11. The highest BCUT2D eigenvalue weighted by atomic mass is 35.5. The van der Waals surface area contributed by atoms with E-state index in [1.54, 1.807) is 12.1 Å². The molecule has 0 radical (unpaired) electrons. The zero-order valence-corrected chi connectivity index (χ0v) is 13.1. The number of benzene rings is 1. The molecule has 0 amide bonds. The van der Waals surface area contributed by atoms with Gasteiger partial charge >= 0.3 is 0 Å². The van der Waals surface area contributed by atoms with Crippen LogP contribution in [0.1, 0.15) is 30.3 Å². The van der Waals surface area contributed by atoms with Gasteiger partial charge in [-0.05, 0) is 57.1 Å². The monoisotopic (exact) mass is 325 g/mol. The van der Waals surface area contributed by atoms with Crippen molar-refractivity contribution < 1.29 is 8.78 Å². The molecular weight excluding hydrogens is 308 g/mol. The van der Waals surface area contributed by atoms with Crippen LogP contribution in [0.25, 0.3) is 11.3 Å². The number of hydrogen-bond donors (Lipinski definition) is 1. The molecule has 1 saturated heterocycles. The fourth-order valence-electron chi connectivity index (χ4n) is 2.66. The maximum absolute atomic E-state index is 13.4. The zero-order valence-electron chi connectivity index (χ0n) is 12.3. The van der Waals surface area contributed by atoms with E-state index < -0.39 is 11.6 Å². The second-order valence-electron chi connectivity index (χ2n) is 5.41. The van der Waals surface area contributed by atoms with Crippen molar-refractivity contribution in [1.82, 2.24) is 15.3 Å². The molecule has 0 spiro atoms. The minimum Gasteiger partial charge on any atom is -0.317 e. The SMILES string of the molecule is Cc1cc(-c2ccc(F)c(F)c2)nc(C2CCNCC2)n1.Cl. The van der Waals surface area contributed by atoms with E-state index in [1.165, 1.54) is 6.07 Å². The summed E-state index contributed by atoms with van der Waals surface area (Å²) >= 11 is 0. The first-order valence-corrected chi connectivity index (χ1v) is 7.15. The summed E-state index contributed by atoms with van der Waals surface area (Å²) in [5.41, 5.74) is 2.07. The Bertz CT molecular complexity index is 658. The highest BCUT2D eigenvalue weighted by Gasteiger charge is 2.19. The molecule has 1 aromatic carbocycles. The lowest BCUT2D eigenvalue weighted by atomic mass is 9.97. The predicted octanol–water partition coefficient (Wildman–Crippen LogP) is 3.62. The summed E-state index contributed by atoms with van der Waals surface area (Å²) in [6.45, 7) is 3.82. The van der Waals surface area contributed by atoms with Crippen molar-refractivity contribution in [3.05, 3.63) is 47.4 Å². The fourth-order valence-corrected chi connectivity index (χ4v) is 2.66. The maximum atomic E-state index is 13.4. The number of halogens is 3. The summed E-state index contributed by atoms with van der Waals surface area (Å²) in [6, 6.07) is 5.67. The van der Waals surface area contributed by atoms with Gasteiger partial charge in [-0.1, -0.05) is 0 Å². The van der Waals surface area contributed by atoms with Crippen molar-refractivity contribution in [1.29, 1.82) is 0 Å². The Morgan fingerprint density at radius 3 is 2.45 bits per heavy atom. The zero-order chi connectivity index (χ0) is 14.8. The number of aromatic nitrogens is 2. The van der Waals surface area contributed by atoms with E-state index in [-0.39, 0.29) is 12.4 Å². The molecule has 3 rings (SSSR count). The summed E-state index contributed by atoms with van der Waals surface area (Å²) in [7, 11) is 0. The van der Waals surface area contributed by atoms with Crippen molar-refractivity contribution >= 4 is 12.4 Å². The third-order valence-corrected chi connectivity index (χ3v) is 3.79. The van der Waals surface area contributed by atoms with E-state index in [4.69, 9.17) is 0 Å². The second-order valence-corrected chi connectivity index (χ2v) is 5.41. The van der Waals surface area contributed by atoms with Gasteiger partial charge in [0.2, 0.25) is 0 Å². The standard InChI is InChI=1S/C16H17F2N3.ClH/c1-10-8-15(12-2-3-13(17)14(18)9-12)21-16(20-10)11-4-6-19-7-5-11;/h2-3,8-9,11,19H,4-7H2,1H3;1H. The Labute approximate surface area is 134 Å². The third kappa shape index (κ3) is 3.59. The van der Waals surface area contributed by atoms with Crippen LogP contribution in [0.15, 0.2) is 24.3 Å². The molecule has 1 aliphatic heterocycles. The number of nitrogens with one attached hydrogen (secondary N) is 1. The van der Waals surface area contributed by atoms with Gasteiger partial charge in [0.25, 0.3) is 0 Å². The molecule has 6 heteroatoms. The van der Waals surface area contributed by atoms with Gasteiger partial charge in [-0.2, -0.15) is 0 Å². The normalized spacial score (nSPS) is 15.4. The molecule has 118 valence electrons. The fraction of sp³-hybridized carbons (Fsp3) is 0.375.